The standard InChI is InChI=1S/C21H38N6O2.HI/c1-17-24-25-20(26(17)2)15-23-21(22-11-6-14-28-3)27-12-9-19(10-13-27)29-16-18-7-4-5-8-18;/h18-19H,4-16H2,1-3H3,(H,22,23);1H. The van der Waals surface area contributed by atoms with Crippen molar-refractivity contribution in [3.63, 3.8) is 0 Å². The fourth-order valence-corrected chi connectivity index (χ4v) is 4.10. The summed E-state index contributed by atoms with van der Waals surface area (Å²) in [6.45, 7) is 6.99. The number of rotatable bonds is 9. The summed E-state index contributed by atoms with van der Waals surface area (Å²) in [6.07, 6.45) is 8.94. The van der Waals surface area contributed by atoms with Gasteiger partial charge in [-0.1, -0.05) is 12.8 Å². The monoisotopic (exact) mass is 534 g/mol. The van der Waals surface area contributed by atoms with Crippen LogP contribution in [0.2, 0.25) is 0 Å². The van der Waals surface area contributed by atoms with Gasteiger partial charge in [0.05, 0.1) is 6.10 Å². The maximum absolute atomic E-state index is 6.23. The fraction of sp³-hybridized carbons (Fsp3) is 0.857. The molecule has 0 amide bonds. The van der Waals surface area contributed by atoms with E-state index in [1.165, 1.54) is 25.7 Å². The summed E-state index contributed by atoms with van der Waals surface area (Å²) in [5, 5.41) is 11.9. The van der Waals surface area contributed by atoms with Gasteiger partial charge in [-0.3, -0.25) is 0 Å². The molecule has 0 radical (unpaired) electrons. The molecule has 1 aromatic heterocycles. The Morgan fingerprint density at radius 1 is 1.17 bits per heavy atom. The highest BCUT2D eigenvalue weighted by Gasteiger charge is 2.24. The van der Waals surface area contributed by atoms with Gasteiger partial charge in [0.1, 0.15) is 12.4 Å². The van der Waals surface area contributed by atoms with Crippen molar-refractivity contribution >= 4 is 29.9 Å². The number of guanidine groups is 1. The molecule has 30 heavy (non-hydrogen) atoms. The molecule has 1 aliphatic carbocycles. The number of aliphatic imine (C=N–C) groups is 1. The Bertz CT molecular complexity index is 639. The van der Waals surface area contributed by atoms with Crippen LogP contribution in [0.1, 0.15) is 56.6 Å². The number of nitrogens with zero attached hydrogens (tertiary/aromatic N) is 5. The number of hydrogen-bond acceptors (Lipinski definition) is 5. The van der Waals surface area contributed by atoms with Crippen LogP contribution < -0.4 is 5.32 Å². The van der Waals surface area contributed by atoms with Crippen LogP contribution in [0.15, 0.2) is 4.99 Å². The van der Waals surface area contributed by atoms with E-state index in [0.717, 1.165) is 75.6 Å². The summed E-state index contributed by atoms with van der Waals surface area (Å²) >= 11 is 0. The van der Waals surface area contributed by atoms with Gasteiger partial charge in [0.15, 0.2) is 11.8 Å². The highest BCUT2D eigenvalue weighted by atomic mass is 127. The average molecular weight is 534 g/mol. The number of methoxy groups -OCH3 is 1. The number of aryl methyl sites for hydroxylation is 1. The number of aromatic nitrogens is 3. The largest absolute Gasteiger partial charge is 0.385 e. The van der Waals surface area contributed by atoms with Crippen molar-refractivity contribution in [2.45, 2.75) is 64.5 Å². The molecule has 0 bridgehead atoms. The Balaban J connectivity index is 0.00000320. The predicted molar refractivity (Wildman–Crippen MR) is 129 cm³/mol. The molecule has 3 rings (SSSR count). The van der Waals surface area contributed by atoms with Crippen LogP contribution in [-0.2, 0) is 23.1 Å². The molecule has 2 aliphatic rings. The highest BCUT2D eigenvalue weighted by Crippen LogP contribution is 2.26. The van der Waals surface area contributed by atoms with Gasteiger partial charge in [-0.25, -0.2) is 4.99 Å². The van der Waals surface area contributed by atoms with E-state index in [-0.39, 0.29) is 24.0 Å². The van der Waals surface area contributed by atoms with Crippen LogP contribution in [0.5, 0.6) is 0 Å². The van der Waals surface area contributed by atoms with Crippen molar-refractivity contribution < 1.29 is 9.47 Å². The summed E-state index contributed by atoms with van der Waals surface area (Å²) in [7, 11) is 3.72. The van der Waals surface area contributed by atoms with Crippen molar-refractivity contribution in [1.82, 2.24) is 25.0 Å². The van der Waals surface area contributed by atoms with Gasteiger partial charge < -0.3 is 24.3 Å². The van der Waals surface area contributed by atoms with E-state index in [2.05, 4.69) is 20.4 Å². The minimum absolute atomic E-state index is 0. The molecule has 1 aromatic rings. The first-order chi connectivity index (χ1) is 14.2. The zero-order valence-electron chi connectivity index (χ0n) is 18.8. The van der Waals surface area contributed by atoms with Crippen molar-refractivity contribution in [3.05, 3.63) is 11.6 Å². The van der Waals surface area contributed by atoms with Crippen molar-refractivity contribution in [2.24, 2.45) is 18.0 Å². The Hall–Kier alpha value is -0.940. The molecule has 0 atom stereocenters. The molecule has 1 aliphatic heterocycles. The van der Waals surface area contributed by atoms with Crippen LogP contribution in [0.25, 0.3) is 0 Å². The van der Waals surface area contributed by atoms with Crippen molar-refractivity contribution in [1.29, 1.82) is 0 Å². The molecule has 0 aromatic carbocycles. The second-order valence-electron chi connectivity index (χ2n) is 8.31. The molecule has 2 fully saturated rings. The predicted octanol–water partition coefficient (Wildman–Crippen LogP) is 2.89. The van der Waals surface area contributed by atoms with Crippen LogP contribution >= 0.6 is 24.0 Å². The topological polar surface area (TPSA) is 76.8 Å². The maximum Gasteiger partial charge on any atom is 0.194 e. The molecular formula is C21H39IN6O2. The number of hydrogen-bond donors (Lipinski definition) is 1. The number of ether oxygens (including phenoxy) is 2. The summed E-state index contributed by atoms with van der Waals surface area (Å²) in [4.78, 5) is 7.20. The molecule has 1 N–H and O–H groups in total. The van der Waals surface area contributed by atoms with Gasteiger partial charge in [-0.15, -0.1) is 34.2 Å². The lowest BCUT2D eigenvalue weighted by Crippen LogP contribution is -2.47. The molecule has 1 saturated carbocycles. The normalized spacial score (nSPS) is 18.6. The molecule has 2 heterocycles. The van der Waals surface area contributed by atoms with Gasteiger partial charge in [0, 0.05) is 47.0 Å². The van der Waals surface area contributed by atoms with E-state index in [9.17, 15) is 0 Å². The first-order valence-corrected chi connectivity index (χ1v) is 11.2. The van der Waals surface area contributed by atoms with E-state index in [1.807, 2.05) is 18.5 Å². The molecule has 9 heteroatoms. The highest BCUT2D eigenvalue weighted by molar-refractivity contribution is 14.0. The van der Waals surface area contributed by atoms with Gasteiger partial charge in [-0.05, 0) is 44.9 Å². The maximum atomic E-state index is 6.23. The average Bonchev–Trinajstić information content (AvgIpc) is 3.37. The number of likely N-dealkylation sites (tertiary alicyclic amines) is 1. The van der Waals surface area contributed by atoms with E-state index in [1.54, 1.807) is 7.11 Å². The molecular weight excluding hydrogens is 495 g/mol. The lowest BCUT2D eigenvalue weighted by Gasteiger charge is -2.34. The molecule has 0 spiro atoms. The summed E-state index contributed by atoms with van der Waals surface area (Å²) < 4.78 is 13.4. The first kappa shape index (κ1) is 25.3. The van der Waals surface area contributed by atoms with Crippen molar-refractivity contribution in [2.75, 3.05) is 40.0 Å². The van der Waals surface area contributed by atoms with E-state index >= 15 is 0 Å². The van der Waals surface area contributed by atoms with Crippen LogP contribution in [0, 0.1) is 12.8 Å². The number of nitrogens with one attached hydrogen (secondary N) is 1. The quantitative estimate of drug-likeness (QED) is 0.227. The smallest absolute Gasteiger partial charge is 0.194 e. The van der Waals surface area contributed by atoms with E-state index in [0.29, 0.717) is 12.6 Å². The van der Waals surface area contributed by atoms with Crippen LogP contribution in [-0.4, -0.2) is 71.7 Å². The summed E-state index contributed by atoms with van der Waals surface area (Å²) in [5.74, 6) is 3.54. The van der Waals surface area contributed by atoms with Gasteiger partial charge in [-0.2, -0.15) is 0 Å². The van der Waals surface area contributed by atoms with Gasteiger partial charge >= 0.3 is 0 Å². The third kappa shape index (κ3) is 7.64. The van der Waals surface area contributed by atoms with Crippen LogP contribution in [0.4, 0.5) is 0 Å². The Morgan fingerprint density at radius 2 is 1.90 bits per heavy atom. The lowest BCUT2D eigenvalue weighted by molar-refractivity contribution is 0.000987. The summed E-state index contributed by atoms with van der Waals surface area (Å²) in [6, 6.07) is 0. The fourth-order valence-electron chi connectivity index (χ4n) is 4.10. The van der Waals surface area contributed by atoms with Crippen molar-refractivity contribution in [3.8, 4) is 0 Å². The Labute approximate surface area is 198 Å². The minimum atomic E-state index is 0. The second-order valence-corrected chi connectivity index (χ2v) is 8.31. The lowest BCUT2D eigenvalue weighted by atomic mass is 10.1. The number of piperidine rings is 1. The van der Waals surface area contributed by atoms with Gasteiger partial charge in [0.2, 0.25) is 0 Å². The molecule has 172 valence electrons. The Morgan fingerprint density at radius 3 is 2.53 bits per heavy atom. The third-order valence-corrected chi connectivity index (χ3v) is 6.15. The van der Waals surface area contributed by atoms with E-state index < -0.39 is 0 Å². The summed E-state index contributed by atoms with van der Waals surface area (Å²) in [5.41, 5.74) is 0. The minimum Gasteiger partial charge on any atom is -0.385 e. The molecule has 8 nitrogen and oxygen atoms in total. The zero-order chi connectivity index (χ0) is 20.5. The molecule has 1 saturated heterocycles. The SMILES string of the molecule is COCCCNC(=NCc1nnc(C)n1C)N1CCC(OCC2CCCC2)CC1.I. The Kier molecular flexibility index (Phi) is 11.4. The zero-order valence-corrected chi connectivity index (χ0v) is 21.1. The van der Waals surface area contributed by atoms with E-state index in [4.69, 9.17) is 14.5 Å². The first-order valence-electron chi connectivity index (χ1n) is 11.2. The molecule has 0 unspecified atom stereocenters. The van der Waals surface area contributed by atoms with Gasteiger partial charge in [0.25, 0.3) is 0 Å². The van der Waals surface area contributed by atoms with Crippen LogP contribution in [0.3, 0.4) is 0 Å². The second kappa shape index (κ2) is 13.5. The number of halogens is 1. The third-order valence-electron chi connectivity index (χ3n) is 6.15.